The largest absolute Gasteiger partial charge is 0.331 e. The van der Waals surface area contributed by atoms with Crippen LogP contribution in [0.25, 0.3) is 0 Å². The Hall–Kier alpha value is -1.65. The number of hydroxylamine groups is 2. The van der Waals surface area contributed by atoms with Crippen molar-refractivity contribution in [3.63, 3.8) is 0 Å². The Balaban J connectivity index is 1.91. The minimum absolute atomic E-state index is 0.145. The molecule has 1 heterocycles. The Morgan fingerprint density at radius 2 is 1.75 bits per heavy atom. The molecule has 2 fully saturated rings. The first-order chi connectivity index (χ1) is 7.59. The van der Waals surface area contributed by atoms with Crippen molar-refractivity contribution in [1.82, 2.24) is 5.06 Å². The van der Waals surface area contributed by atoms with Gasteiger partial charge in [0.05, 0.1) is 11.8 Å². The van der Waals surface area contributed by atoms with Crippen LogP contribution in [0.3, 0.4) is 0 Å². The molecule has 4 atom stereocenters. The van der Waals surface area contributed by atoms with Gasteiger partial charge in [-0.15, -0.1) is 5.06 Å². The van der Waals surface area contributed by atoms with E-state index >= 15 is 0 Å². The smallest absolute Gasteiger partial charge is 0.330 e. The molecule has 0 N–H and O–H groups in total. The number of hydrogen-bond acceptors (Lipinski definition) is 4. The van der Waals surface area contributed by atoms with E-state index in [0.717, 1.165) is 6.42 Å². The van der Waals surface area contributed by atoms with E-state index in [4.69, 9.17) is 0 Å². The summed E-state index contributed by atoms with van der Waals surface area (Å²) in [5.74, 6) is -1.67. The van der Waals surface area contributed by atoms with Gasteiger partial charge in [-0.2, -0.15) is 0 Å². The summed E-state index contributed by atoms with van der Waals surface area (Å²) >= 11 is 0. The molecule has 5 heteroatoms. The Labute approximate surface area is 92.0 Å². The molecule has 1 saturated heterocycles. The van der Waals surface area contributed by atoms with E-state index < -0.39 is 5.97 Å². The van der Waals surface area contributed by atoms with E-state index in [2.05, 4.69) is 4.84 Å². The number of carbonyl (C=O) groups excluding carboxylic acids is 3. The SMILES string of the molecule is CC(=O)ON1C(=O)[C@@H]2[C@@H](C1=O)[C@H]1C=C[C@H]2C1. The standard InChI is InChI=1S/C11H11NO4/c1-5(13)16-12-10(14)8-6-2-3-7(4-6)9(8)11(12)15/h2-3,6-9H,4H2,1H3/t6-,7-,8-,9-/m0/s1. The zero-order valence-electron chi connectivity index (χ0n) is 8.75. The molecule has 16 heavy (non-hydrogen) atoms. The van der Waals surface area contributed by atoms with E-state index in [-0.39, 0.29) is 35.5 Å². The van der Waals surface area contributed by atoms with Gasteiger partial charge < -0.3 is 4.84 Å². The fourth-order valence-corrected chi connectivity index (χ4v) is 3.09. The van der Waals surface area contributed by atoms with Gasteiger partial charge in [0.1, 0.15) is 0 Å². The minimum atomic E-state index is -0.637. The number of fused-ring (bicyclic) bond motifs is 5. The summed E-state index contributed by atoms with van der Waals surface area (Å²) in [5, 5.41) is 0.657. The average molecular weight is 221 g/mol. The highest BCUT2D eigenvalue weighted by atomic mass is 16.7. The minimum Gasteiger partial charge on any atom is -0.331 e. The molecule has 0 spiro atoms. The fraction of sp³-hybridized carbons (Fsp3) is 0.545. The Bertz CT molecular complexity index is 398. The maximum Gasteiger partial charge on any atom is 0.330 e. The first-order valence-corrected chi connectivity index (χ1v) is 5.34. The van der Waals surface area contributed by atoms with E-state index in [1.54, 1.807) is 0 Å². The van der Waals surface area contributed by atoms with E-state index in [9.17, 15) is 14.4 Å². The molecule has 3 rings (SSSR count). The lowest BCUT2D eigenvalue weighted by atomic mass is 9.85. The lowest BCUT2D eigenvalue weighted by Crippen LogP contribution is -2.34. The van der Waals surface area contributed by atoms with Crippen molar-refractivity contribution in [2.24, 2.45) is 23.7 Å². The van der Waals surface area contributed by atoms with E-state index in [0.29, 0.717) is 5.06 Å². The Kier molecular flexibility index (Phi) is 1.75. The van der Waals surface area contributed by atoms with Crippen LogP contribution in [0.4, 0.5) is 0 Å². The van der Waals surface area contributed by atoms with Gasteiger partial charge in [0.25, 0.3) is 11.8 Å². The summed E-state index contributed by atoms with van der Waals surface area (Å²) in [5.41, 5.74) is 0. The predicted molar refractivity (Wildman–Crippen MR) is 51.3 cm³/mol. The van der Waals surface area contributed by atoms with Crippen LogP contribution in [0.5, 0.6) is 0 Å². The molecule has 1 aliphatic heterocycles. The highest BCUT2D eigenvalue weighted by Crippen LogP contribution is 2.52. The maximum absolute atomic E-state index is 11.9. The number of imide groups is 1. The van der Waals surface area contributed by atoms with Gasteiger partial charge in [-0.3, -0.25) is 9.59 Å². The molecule has 2 amide bonds. The highest BCUT2D eigenvalue weighted by Gasteiger charge is 2.60. The third-order valence-electron chi connectivity index (χ3n) is 3.65. The van der Waals surface area contributed by atoms with Crippen LogP contribution in [0.1, 0.15) is 13.3 Å². The zero-order chi connectivity index (χ0) is 11.4. The van der Waals surface area contributed by atoms with Crippen molar-refractivity contribution in [3.8, 4) is 0 Å². The lowest BCUT2D eigenvalue weighted by molar-refractivity contribution is -0.197. The van der Waals surface area contributed by atoms with Gasteiger partial charge in [0.2, 0.25) is 0 Å². The summed E-state index contributed by atoms with van der Waals surface area (Å²) in [6.07, 6.45) is 4.86. The molecule has 1 saturated carbocycles. The molecule has 0 unspecified atom stereocenters. The van der Waals surface area contributed by atoms with Crippen LogP contribution in [0.15, 0.2) is 12.2 Å². The van der Waals surface area contributed by atoms with Crippen molar-refractivity contribution in [3.05, 3.63) is 12.2 Å². The second-order valence-electron chi connectivity index (χ2n) is 4.55. The van der Waals surface area contributed by atoms with Gasteiger partial charge in [-0.05, 0) is 18.3 Å². The molecule has 2 bridgehead atoms. The predicted octanol–water partition coefficient (Wildman–Crippen LogP) is 0.272. The summed E-state index contributed by atoms with van der Waals surface area (Å²) in [7, 11) is 0. The molecule has 0 aromatic carbocycles. The third-order valence-corrected chi connectivity index (χ3v) is 3.65. The van der Waals surface area contributed by atoms with Crippen molar-refractivity contribution in [1.29, 1.82) is 0 Å². The van der Waals surface area contributed by atoms with Crippen molar-refractivity contribution >= 4 is 17.8 Å². The van der Waals surface area contributed by atoms with Gasteiger partial charge in [0, 0.05) is 6.92 Å². The van der Waals surface area contributed by atoms with Crippen LogP contribution < -0.4 is 0 Å². The van der Waals surface area contributed by atoms with Gasteiger partial charge in [0.15, 0.2) is 0 Å². The second kappa shape index (κ2) is 2.93. The number of hydrogen-bond donors (Lipinski definition) is 0. The quantitative estimate of drug-likeness (QED) is 0.471. The summed E-state index contributed by atoms with van der Waals surface area (Å²) in [6, 6.07) is 0. The molecule has 3 aliphatic rings. The maximum atomic E-state index is 11.9. The molecule has 5 nitrogen and oxygen atoms in total. The monoisotopic (exact) mass is 221 g/mol. The van der Waals surface area contributed by atoms with Crippen LogP contribution >= 0.6 is 0 Å². The number of amides is 2. The van der Waals surface area contributed by atoms with Crippen LogP contribution in [-0.2, 0) is 19.2 Å². The molecular formula is C11H11NO4. The summed E-state index contributed by atoms with van der Waals surface area (Å²) in [6.45, 7) is 1.18. The fourth-order valence-electron chi connectivity index (χ4n) is 3.09. The number of carbonyl (C=O) groups is 3. The number of rotatable bonds is 1. The molecule has 0 radical (unpaired) electrons. The van der Waals surface area contributed by atoms with Crippen LogP contribution in [0, 0.1) is 23.7 Å². The van der Waals surface area contributed by atoms with Crippen LogP contribution in [-0.4, -0.2) is 22.8 Å². The van der Waals surface area contributed by atoms with Crippen molar-refractivity contribution in [2.45, 2.75) is 13.3 Å². The van der Waals surface area contributed by atoms with Gasteiger partial charge in [-0.1, -0.05) is 12.2 Å². The topological polar surface area (TPSA) is 63.7 Å². The summed E-state index contributed by atoms with van der Waals surface area (Å²) in [4.78, 5) is 39.3. The Morgan fingerprint density at radius 1 is 1.25 bits per heavy atom. The van der Waals surface area contributed by atoms with Gasteiger partial charge >= 0.3 is 5.97 Å². The van der Waals surface area contributed by atoms with Crippen molar-refractivity contribution in [2.75, 3.05) is 0 Å². The normalized spacial score (nSPS) is 39.4. The van der Waals surface area contributed by atoms with Crippen molar-refractivity contribution < 1.29 is 19.2 Å². The summed E-state index contributed by atoms with van der Waals surface area (Å²) < 4.78 is 0. The Morgan fingerprint density at radius 3 is 2.19 bits per heavy atom. The molecule has 2 aliphatic carbocycles. The lowest BCUT2D eigenvalue weighted by Gasteiger charge is -2.14. The molecule has 84 valence electrons. The van der Waals surface area contributed by atoms with E-state index in [1.165, 1.54) is 6.92 Å². The first kappa shape index (κ1) is 9.57. The van der Waals surface area contributed by atoms with Gasteiger partial charge in [-0.25, -0.2) is 4.79 Å². The first-order valence-electron chi connectivity index (χ1n) is 5.34. The number of allylic oxidation sites excluding steroid dienone is 2. The molecule has 0 aromatic rings. The zero-order valence-corrected chi connectivity index (χ0v) is 8.75. The average Bonchev–Trinajstić information content (AvgIpc) is 2.87. The van der Waals surface area contributed by atoms with E-state index in [1.807, 2.05) is 12.2 Å². The van der Waals surface area contributed by atoms with Crippen LogP contribution in [0.2, 0.25) is 0 Å². The second-order valence-corrected chi connectivity index (χ2v) is 4.55. The molecular weight excluding hydrogens is 210 g/mol. The molecule has 0 aromatic heterocycles. The third kappa shape index (κ3) is 1.03. The highest BCUT2D eigenvalue weighted by molar-refractivity contribution is 6.06. The number of nitrogens with zero attached hydrogens (tertiary/aromatic N) is 1.